The van der Waals surface area contributed by atoms with Gasteiger partial charge in [-0.15, -0.1) is 0 Å². The van der Waals surface area contributed by atoms with Crippen molar-refractivity contribution in [2.24, 2.45) is 5.10 Å². The molecule has 0 bridgehead atoms. The van der Waals surface area contributed by atoms with Gasteiger partial charge in [-0.3, -0.25) is 9.80 Å². The number of nitrogens with zero attached hydrogens (tertiary/aromatic N) is 3. The highest BCUT2D eigenvalue weighted by Gasteiger charge is 1.90. The molecule has 0 saturated carbocycles. The van der Waals surface area contributed by atoms with Crippen LogP contribution in [0.5, 0.6) is 0 Å². The molecule has 0 spiro atoms. The van der Waals surface area contributed by atoms with E-state index in [1.165, 1.54) is 6.08 Å². The Balaban J connectivity index is 4.35. The van der Waals surface area contributed by atoms with Crippen molar-refractivity contribution in [2.45, 2.75) is 20.3 Å². The molecule has 0 atom stereocenters. The highest BCUT2D eigenvalue weighted by molar-refractivity contribution is 5.64. The van der Waals surface area contributed by atoms with Gasteiger partial charge in [-0.05, 0) is 25.5 Å². The van der Waals surface area contributed by atoms with Gasteiger partial charge in [-0.25, -0.2) is 0 Å². The molecule has 0 radical (unpaired) electrons. The molecule has 0 aliphatic carbocycles. The zero-order chi connectivity index (χ0) is 12.9. The quantitative estimate of drug-likeness (QED) is 0.169. The molecular formula is C13H17N3O. The van der Waals surface area contributed by atoms with Crippen LogP contribution in [0.15, 0.2) is 41.2 Å². The second kappa shape index (κ2) is 10.4. The number of hydrogen-bond donors (Lipinski definition) is 0. The number of allylic oxidation sites excluding steroid dienone is 4. The van der Waals surface area contributed by atoms with Crippen LogP contribution >= 0.6 is 0 Å². The topological polar surface area (TPSA) is 56.5 Å². The lowest BCUT2D eigenvalue weighted by Gasteiger charge is -2.09. The van der Waals surface area contributed by atoms with E-state index in [-0.39, 0.29) is 0 Å². The molecule has 17 heavy (non-hydrogen) atoms. The van der Waals surface area contributed by atoms with E-state index in [0.717, 1.165) is 12.0 Å². The molecule has 0 aromatic heterocycles. The Hall–Kier alpha value is -2.15. The average Bonchev–Trinajstić information content (AvgIpc) is 2.36. The molecule has 0 unspecified atom stereocenters. The monoisotopic (exact) mass is 231 g/mol. The summed E-state index contributed by atoms with van der Waals surface area (Å²) in [6, 6.07) is 2.11. The Labute approximate surface area is 102 Å². The number of rotatable bonds is 7. The van der Waals surface area contributed by atoms with Gasteiger partial charge in [0.25, 0.3) is 0 Å². The van der Waals surface area contributed by atoms with Gasteiger partial charge in [0.05, 0.1) is 12.6 Å². The van der Waals surface area contributed by atoms with Gasteiger partial charge >= 0.3 is 0 Å². The number of aldehydes is 1. The van der Waals surface area contributed by atoms with Crippen LogP contribution in [0.2, 0.25) is 0 Å². The lowest BCUT2D eigenvalue weighted by atomic mass is 10.2. The van der Waals surface area contributed by atoms with Crippen LogP contribution in [0.4, 0.5) is 0 Å². The predicted molar refractivity (Wildman–Crippen MR) is 69.2 cm³/mol. The second-order valence-corrected chi connectivity index (χ2v) is 3.06. The molecule has 0 fully saturated rings. The molecule has 0 aromatic carbocycles. The normalized spacial score (nSPS) is 12.4. The van der Waals surface area contributed by atoms with Crippen LogP contribution in [0.3, 0.4) is 0 Å². The Kier molecular flexibility index (Phi) is 9.06. The van der Waals surface area contributed by atoms with E-state index < -0.39 is 0 Å². The lowest BCUT2D eigenvalue weighted by Crippen LogP contribution is -2.09. The molecule has 4 heteroatoms. The SMILES string of the molecule is C/C=N/N(/C=C\C=O)C/C=C\C=C(\C#N)CC. The summed E-state index contributed by atoms with van der Waals surface area (Å²) >= 11 is 0. The lowest BCUT2D eigenvalue weighted by molar-refractivity contribution is -0.104. The highest BCUT2D eigenvalue weighted by Crippen LogP contribution is 1.98. The van der Waals surface area contributed by atoms with Crippen molar-refractivity contribution in [1.29, 1.82) is 5.26 Å². The van der Waals surface area contributed by atoms with E-state index in [4.69, 9.17) is 5.26 Å². The van der Waals surface area contributed by atoms with Gasteiger partial charge in [-0.2, -0.15) is 10.4 Å². The van der Waals surface area contributed by atoms with E-state index in [2.05, 4.69) is 11.2 Å². The number of hydrogen-bond acceptors (Lipinski definition) is 4. The van der Waals surface area contributed by atoms with Crippen LogP contribution in [0, 0.1) is 11.3 Å². The van der Waals surface area contributed by atoms with Crippen molar-refractivity contribution in [3.05, 3.63) is 36.1 Å². The molecule has 0 heterocycles. The number of hydrazone groups is 1. The summed E-state index contributed by atoms with van der Waals surface area (Å²) in [6.45, 7) is 4.28. The zero-order valence-electron chi connectivity index (χ0n) is 10.2. The van der Waals surface area contributed by atoms with E-state index in [0.29, 0.717) is 12.8 Å². The third-order valence-corrected chi connectivity index (χ3v) is 1.85. The second-order valence-electron chi connectivity index (χ2n) is 3.06. The first kappa shape index (κ1) is 14.8. The van der Waals surface area contributed by atoms with Crippen LogP contribution < -0.4 is 0 Å². The maximum absolute atomic E-state index is 10.2. The third kappa shape index (κ3) is 7.74. The largest absolute Gasteiger partial charge is 0.299 e. The van der Waals surface area contributed by atoms with Crippen molar-refractivity contribution >= 4 is 12.5 Å². The number of carbonyl (C=O) groups is 1. The average molecular weight is 231 g/mol. The Morgan fingerprint density at radius 1 is 1.47 bits per heavy atom. The maximum atomic E-state index is 10.2. The van der Waals surface area contributed by atoms with Crippen LogP contribution in [0.25, 0.3) is 0 Å². The molecule has 0 rings (SSSR count). The van der Waals surface area contributed by atoms with Gasteiger partial charge in [0, 0.05) is 18.0 Å². The summed E-state index contributed by atoms with van der Waals surface area (Å²) in [6.07, 6.45) is 11.5. The summed E-state index contributed by atoms with van der Waals surface area (Å²) in [4.78, 5) is 10.2. The number of carbonyl (C=O) groups excluding carboxylic acids is 1. The van der Waals surface area contributed by atoms with Gasteiger partial charge in [-0.1, -0.05) is 19.1 Å². The third-order valence-electron chi connectivity index (χ3n) is 1.85. The van der Waals surface area contributed by atoms with E-state index in [1.807, 2.05) is 19.1 Å². The molecule has 0 aliphatic rings. The molecule has 0 aromatic rings. The summed E-state index contributed by atoms with van der Waals surface area (Å²) < 4.78 is 0. The van der Waals surface area contributed by atoms with E-state index in [1.54, 1.807) is 30.4 Å². The van der Waals surface area contributed by atoms with Gasteiger partial charge in [0.1, 0.15) is 6.29 Å². The molecule has 90 valence electrons. The minimum atomic E-state index is 0.549. The Morgan fingerprint density at radius 3 is 2.76 bits per heavy atom. The fraction of sp³-hybridized carbons (Fsp3) is 0.308. The van der Waals surface area contributed by atoms with Crippen LogP contribution in [0.1, 0.15) is 20.3 Å². The molecule has 0 N–H and O–H groups in total. The predicted octanol–water partition coefficient (Wildman–Crippen LogP) is 2.42. The van der Waals surface area contributed by atoms with E-state index >= 15 is 0 Å². The minimum Gasteiger partial charge on any atom is -0.299 e. The minimum absolute atomic E-state index is 0.549. The molecule has 0 amide bonds. The fourth-order valence-electron chi connectivity index (χ4n) is 1.02. The number of nitriles is 1. The van der Waals surface area contributed by atoms with E-state index in [9.17, 15) is 4.79 Å². The van der Waals surface area contributed by atoms with Crippen molar-refractivity contribution in [3.63, 3.8) is 0 Å². The summed E-state index contributed by atoms with van der Waals surface area (Å²) in [5, 5.41) is 14.4. The summed E-state index contributed by atoms with van der Waals surface area (Å²) in [7, 11) is 0. The van der Waals surface area contributed by atoms with Crippen molar-refractivity contribution in [2.75, 3.05) is 6.54 Å². The van der Waals surface area contributed by atoms with Gasteiger partial charge in [0.2, 0.25) is 0 Å². The van der Waals surface area contributed by atoms with Crippen molar-refractivity contribution < 1.29 is 4.79 Å². The maximum Gasteiger partial charge on any atom is 0.144 e. The Bertz CT molecular complexity index is 373. The van der Waals surface area contributed by atoms with Gasteiger partial charge < -0.3 is 0 Å². The molecular weight excluding hydrogens is 214 g/mol. The zero-order valence-corrected chi connectivity index (χ0v) is 10.2. The van der Waals surface area contributed by atoms with Gasteiger partial charge in [0.15, 0.2) is 0 Å². The van der Waals surface area contributed by atoms with Crippen LogP contribution in [-0.2, 0) is 4.79 Å². The molecule has 0 aliphatic heterocycles. The van der Waals surface area contributed by atoms with Crippen LogP contribution in [-0.4, -0.2) is 24.1 Å². The van der Waals surface area contributed by atoms with Crippen molar-refractivity contribution in [3.8, 4) is 6.07 Å². The standard InChI is InChI=1S/C13H17N3O/c1-3-13(12-14)8-5-6-9-16(15-4-2)10-7-11-17/h4-8,10-11H,3,9H2,1-2H3/b6-5-,10-7-,13-8+,15-4+. The first-order chi connectivity index (χ1) is 8.28. The smallest absolute Gasteiger partial charge is 0.144 e. The highest BCUT2D eigenvalue weighted by atomic mass is 16.1. The summed E-state index contributed by atoms with van der Waals surface area (Å²) in [5.41, 5.74) is 0.732. The first-order valence-electron chi connectivity index (χ1n) is 5.41. The molecule has 4 nitrogen and oxygen atoms in total. The first-order valence-corrected chi connectivity index (χ1v) is 5.41. The Morgan fingerprint density at radius 2 is 2.24 bits per heavy atom. The fourth-order valence-corrected chi connectivity index (χ4v) is 1.02. The van der Waals surface area contributed by atoms with Crippen molar-refractivity contribution in [1.82, 2.24) is 5.01 Å². The summed E-state index contributed by atoms with van der Waals surface area (Å²) in [5.74, 6) is 0. The molecule has 0 saturated heterocycles.